The summed E-state index contributed by atoms with van der Waals surface area (Å²) in [6.45, 7) is 6.51. The Hall–Kier alpha value is -1.98. The molecule has 5 nitrogen and oxygen atoms in total. The Morgan fingerprint density at radius 2 is 2.08 bits per heavy atom. The molecule has 0 saturated carbocycles. The van der Waals surface area contributed by atoms with Crippen molar-refractivity contribution in [1.82, 2.24) is 14.9 Å². The molecule has 0 spiro atoms. The molecule has 0 unspecified atom stereocenters. The Morgan fingerprint density at radius 3 is 2.79 bits per heavy atom. The number of aromatic amines is 1. The molecule has 1 aliphatic rings. The van der Waals surface area contributed by atoms with Gasteiger partial charge in [0.2, 0.25) is 0 Å². The fourth-order valence-electron chi connectivity index (χ4n) is 3.22. The number of aromatic nitrogens is 2. The van der Waals surface area contributed by atoms with Crippen LogP contribution in [0.3, 0.4) is 0 Å². The molecule has 0 atom stereocenters. The Morgan fingerprint density at radius 1 is 1.33 bits per heavy atom. The Kier molecular flexibility index (Phi) is 5.11. The summed E-state index contributed by atoms with van der Waals surface area (Å²) in [6.07, 6.45) is 2.21. The first-order chi connectivity index (χ1) is 11.6. The first kappa shape index (κ1) is 16.9. The van der Waals surface area contributed by atoms with E-state index < -0.39 is 0 Å². The summed E-state index contributed by atoms with van der Waals surface area (Å²) in [4.78, 5) is 22.0. The predicted molar refractivity (Wildman–Crippen MR) is 94.9 cm³/mol. The van der Waals surface area contributed by atoms with Crippen LogP contribution in [0.25, 0.3) is 11.3 Å². The summed E-state index contributed by atoms with van der Waals surface area (Å²) in [6, 6.07) is 8.00. The van der Waals surface area contributed by atoms with Crippen molar-refractivity contribution in [3.05, 3.63) is 51.6 Å². The average Bonchev–Trinajstić information content (AvgIpc) is 2.57. The molecule has 1 saturated heterocycles. The summed E-state index contributed by atoms with van der Waals surface area (Å²) in [7, 11) is 0. The zero-order chi connectivity index (χ0) is 17.1. The standard InChI is InChI=1S/C19H25N3O2/c1-3-14-11-17(13(2)20-19(14)24)18-6-4-5-15(21-18)12-22-9-7-16(23)8-10-22/h4-6,11,16,23H,3,7-10,12H2,1-2H3,(H,20,24). The summed E-state index contributed by atoms with van der Waals surface area (Å²) >= 11 is 0. The second-order valence-corrected chi connectivity index (χ2v) is 6.54. The number of piperidine rings is 1. The number of aryl methyl sites for hydroxylation is 2. The molecule has 1 aliphatic heterocycles. The Balaban J connectivity index is 1.84. The molecule has 2 aromatic heterocycles. The van der Waals surface area contributed by atoms with E-state index in [-0.39, 0.29) is 11.7 Å². The lowest BCUT2D eigenvalue weighted by Gasteiger charge is -2.29. The third-order valence-electron chi connectivity index (χ3n) is 4.72. The van der Waals surface area contributed by atoms with E-state index in [1.54, 1.807) is 0 Å². The number of hydrogen-bond acceptors (Lipinski definition) is 4. The van der Waals surface area contributed by atoms with Gasteiger partial charge in [-0.2, -0.15) is 0 Å². The quantitative estimate of drug-likeness (QED) is 0.904. The van der Waals surface area contributed by atoms with E-state index in [1.807, 2.05) is 38.1 Å². The van der Waals surface area contributed by atoms with Gasteiger partial charge in [0.05, 0.1) is 17.5 Å². The van der Waals surface area contributed by atoms with Crippen LogP contribution < -0.4 is 5.56 Å². The maximum Gasteiger partial charge on any atom is 0.251 e. The van der Waals surface area contributed by atoms with E-state index in [1.165, 1.54) is 0 Å². The maximum absolute atomic E-state index is 11.9. The maximum atomic E-state index is 11.9. The molecule has 0 aliphatic carbocycles. The van der Waals surface area contributed by atoms with E-state index in [9.17, 15) is 9.90 Å². The molecule has 3 heterocycles. The van der Waals surface area contributed by atoms with Gasteiger partial charge in [0.25, 0.3) is 5.56 Å². The van der Waals surface area contributed by atoms with Crippen molar-refractivity contribution in [3.8, 4) is 11.3 Å². The summed E-state index contributed by atoms with van der Waals surface area (Å²) < 4.78 is 0. The van der Waals surface area contributed by atoms with Gasteiger partial charge in [0.1, 0.15) is 0 Å². The van der Waals surface area contributed by atoms with Gasteiger partial charge in [0, 0.05) is 36.5 Å². The molecular formula is C19H25N3O2. The van der Waals surface area contributed by atoms with Crippen molar-refractivity contribution in [3.63, 3.8) is 0 Å². The van der Waals surface area contributed by atoms with Crippen LogP contribution in [-0.4, -0.2) is 39.2 Å². The predicted octanol–water partition coefficient (Wildman–Crippen LogP) is 2.26. The number of rotatable bonds is 4. The fourth-order valence-corrected chi connectivity index (χ4v) is 3.22. The topological polar surface area (TPSA) is 69.2 Å². The van der Waals surface area contributed by atoms with Crippen LogP contribution in [0.15, 0.2) is 29.1 Å². The summed E-state index contributed by atoms with van der Waals surface area (Å²) in [5, 5.41) is 9.62. The molecule has 0 radical (unpaired) electrons. The highest BCUT2D eigenvalue weighted by atomic mass is 16.3. The fraction of sp³-hybridized carbons (Fsp3) is 0.474. The molecule has 24 heavy (non-hydrogen) atoms. The van der Waals surface area contributed by atoms with E-state index in [0.717, 1.165) is 60.7 Å². The van der Waals surface area contributed by atoms with Crippen molar-refractivity contribution >= 4 is 0 Å². The van der Waals surface area contributed by atoms with Gasteiger partial charge in [0.15, 0.2) is 0 Å². The number of H-pyrrole nitrogens is 1. The van der Waals surface area contributed by atoms with Crippen molar-refractivity contribution < 1.29 is 5.11 Å². The van der Waals surface area contributed by atoms with Crippen LogP contribution in [0.1, 0.15) is 36.7 Å². The zero-order valence-corrected chi connectivity index (χ0v) is 14.4. The van der Waals surface area contributed by atoms with E-state index in [4.69, 9.17) is 4.98 Å². The lowest BCUT2D eigenvalue weighted by atomic mass is 10.1. The van der Waals surface area contributed by atoms with Crippen molar-refractivity contribution in [2.24, 2.45) is 0 Å². The van der Waals surface area contributed by atoms with Crippen LogP contribution in [0, 0.1) is 6.92 Å². The number of hydrogen-bond donors (Lipinski definition) is 2. The normalized spacial score (nSPS) is 16.5. The first-order valence-corrected chi connectivity index (χ1v) is 8.66. The molecule has 2 aromatic rings. The number of nitrogens with one attached hydrogen (secondary N) is 1. The second kappa shape index (κ2) is 7.28. The smallest absolute Gasteiger partial charge is 0.251 e. The van der Waals surface area contributed by atoms with Crippen LogP contribution in [-0.2, 0) is 13.0 Å². The third-order valence-corrected chi connectivity index (χ3v) is 4.72. The van der Waals surface area contributed by atoms with Crippen molar-refractivity contribution in [2.75, 3.05) is 13.1 Å². The monoisotopic (exact) mass is 327 g/mol. The zero-order valence-electron chi connectivity index (χ0n) is 14.4. The third kappa shape index (κ3) is 3.74. The molecule has 0 amide bonds. The number of aliphatic hydroxyl groups is 1. The highest BCUT2D eigenvalue weighted by molar-refractivity contribution is 5.62. The molecule has 0 aromatic carbocycles. The summed E-state index contributed by atoms with van der Waals surface area (Å²) in [5.41, 5.74) is 4.53. The number of likely N-dealkylation sites (tertiary alicyclic amines) is 1. The lowest BCUT2D eigenvalue weighted by molar-refractivity contribution is 0.0787. The Labute approximate surface area is 142 Å². The van der Waals surface area contributed by atoms with Crippen LogP contribution >= 0.6 is 0 Å². The minimum atomic E-state index is -0.156. The molecule has 1 fully saturated rings. The van der Waals surface area contributed by atoms with Gasteiger partial charge >= 0.3 is 0 Å². The average molecular weight is 327 g/mol. The van der Waals surface area contributed by atoms with Crippen LogP contribution in [0.4, 0.5) is 0 Å². The van der Waals surface area contributed by atoms with Crippen LogP contribution in [0.5, 0.6) is 0 Å². The molecule has 3 rings (SSSR count). The number of aliphatic hydroxyl groups excluding tert-OH is 1. The minimum absolute atomic E-state index is 0.0122. The summed E-state index contributed by atoms with van der Waals surface area (Å²) in [5.74, 6) is 0. The van der Waals surface area contributed by atoms with Crippen LogP contribution in [0.2, 0.25) is 0 Å². The minimum Gasteiger partial charge on any atom is -0.393 e. The Bertz CT molecular complexity index is 761. The molecule has 0 bridgehead atoms. The van der Waals surface area contributed by atoms with E-state index >= 15 is 0 Å². The van der Waals surface area contributed by atoms with Gasteiger partial charge in [-0.05, 0) is 44.4 Å². The second-order valence-electron chi connectivity index (χ2n) is 6.54. The van der Waals surface area contributed by atoms with Gasteiger partial charge < -0.3 is 10.1 Å². The lowest BCUT2D eigenvalue weighted by Crippen LogP contribution is -2.35. The van der Waals surface area contributed by atoms with Gasteiger partial charge in [-0.25, -0.2) is 0 Å². The van der Waals surface area contributed by atoms with Crippen molar-refractivity contribution in [1.29, 1.82) is 0 Å². The highest BCUT2D eigenvalue weighted by Gasteiger charge is 2.17. The SMILES string of the molecule is CCc1cc(-c2cccc(CN3CCC(O)CC3)n2)c(C)[nH]c1=O. The molecule has 128 valence electrons. The van der Waals surface area contributed by atoms with Crippen molar-refractivity contribution in [2.45, 2.75) is 45.8 Å². The van der Waals surface area contributed by atoms with Gasteiger partial charge in [-0.1, -0.05) is 13.0 Å². The van der Waals surface area contributed by atoms with E-state index in [2.05, 4.69) is 9.88 Å². The molecule has 2 N–H and O–H groups in total. The van der Waals surface area contributed by atoms with Gasteiger partial charge in [-0.15, -0.1) is 0 Å². The highest BCUT2D eigenvalue weighted by Crippen LogP contribution is 2.21. The largest absolute Gasteiger partial charge is 0.393 e. The molecule has 5 heteroatoms. The van der Waals surface area contributed by atoms with E-state index in [0.29, 0.717) is 6.42 Å². The number of nitrogens with zero attached hydrogens (tertiary/aromatic N) is 2. The molecular weight excluding hydrogens is 302 g/mol. The van der Waals surface area contributed by atoms with Gasteiger partial charge in [-0.3, -0.25) is 14.7 Å². The number of pyridine rings is 2. The first-order valence-electron chi connectivity index (χ1n) is 8.66.